The normalized spacial score (nSPS) is 13.0. The summed E-state index contributed by atoms with van der Waals surface area (Å²) in [6, 6.07) is 7.48. The van der Waals surface area contributed by atoms with Crippen LogP contribution < -0.4 is 5.73 Å². The molecule has 0 saturated carbocycles. The van der Waals surface area contributed by atoms with Gasteiger partial charge in [0.1, 0.15) is 11.1 Å². The molecule has 0 bridgehead atoms. The Morgan fingerprint density at radius 3 is 2.71 bits per heavy atom. The minimum absolute atomic E-state index is 0.133. The Bertz CT molecular complexity index is 1150. The van der Waals surface area contributed by atoms with Crippen LogP contribution in [-0.2, 0) is 27.8 Å². The Balaban J connectivity index is 2.09. The highest BCUT2D eigenvalue weighted by molar-refractivity contribution is 7.87. The lowest BCUT2D eigenvalue weighted by Gasteiger charge is -2.16. The van der Waals surface area contributed by atoms with E-state index in [1.165, 1.54) is 0 Å². The van der Waals surface area contributed by atoms with Gasteiger partial charge < -0.3 is 14.5 Å². The predicted octanol–water partition coefficient (Wildman–Crippen LogP) is 3.07. The van der Waals surface area contributed by atoms with Crippen molar-refractivity contribution in [2.75, 3.05) is 0 Å². The lowest BCUT2D eigenvalue weighted by Crippen LogP contribution is -2.30. The summed E-state index contributed by atoms with van der Waals surface area (Å²) in [5.74, 6) is 0.738. The van der Waals surface area contributed by atoms with Gasteiger partial charge in [0.15, 0.2) is 0 Å². The number of amides is 1. The number of nitrogens with zero attached hydrogens (tertiary/aromatic N) is 3. The van der Waals surface area contributed by atoms with E-state index >= 15 is 0 Å². The van der Waals surface area contributed by atoms with Crippen molar-refractivity contribution in [3.8, 4) is 5.82 Å². The first kappa shape index (κ1) is 20.2. The van der Waals surface area contributed by atoms with Crippen molar-refractivity contribution in [3.05, 3.63) is 46.7 Å². The lowest BCUT2D eigenvalue weighted by atomic mass is 10.1. The zero-order chi connectivity index (χ0) is 20.6. The molecule has 0 fully saturated rings. The van der Waals surface area contributed by atoms with Gasteiger partial charge in [-0.05, 0) is 44.0 Å². The third kappa shape index (κ3) is 3.72. The molecule has 1 unspecified atom stereocenters. The molecule has 0 radical (unpaired) electrons. The first-order valence-electron chi connectivity index (χ1n) is 8.66. The number of fused-ring (bicyclic) bond motifs is 1. The van der Waals surface area contributed by atoms with Crippen LogP contribution >= 0.6 is 11.6 Å². The van der Waals surface area contributed by atoms with Gasteiger partial charge >= 0.3 is 16.2 Å². The molecular weight excluding hydrogens is 404 g/mol. The summed E-state index contributed by atoms with van der Waals surface area (Å²) in [7, 11) is -2.35. The number of halogens is 1. The average molecular weight is 425 g/mol. The first-order valence-corrected chi connectivity index (χ1v) is 10.5. The summed E-state index contributed by atoms with van der Waals surface area (Å²) in [6.07, 6.45) is 0.936. The van der Waals surface area contributed by atoms with E-state index < -0.39 is 21.5 Å². The van der Waals surface area contributed by atoms with Crippen LogP contribution in [0.5, 0.6) is 0 Å². The van der Waals surface area contributed by atoms with Gasteiger partial charge in [0.05, 0.1) is 11.2 Å². The number of rotatable bonds is 6. The Morgan fingerprint density at radius 2 is 2.07 bits per heavy atom. The van der Waals surface area contributed by atoms with Crippen molar-refractivity contribution in [1.29, 1.82) is 0 Å². The smallest absolute Gasteiger partial charge is 0.334 e. The van der Waals surface area contributed by atoms with E-state index in [2.05, 4.69) is 9.28 Å². The summed E-state index contributed by atoms with van der Waals surface area (Å²) in [5.41, 5.74) is 7.27. The molecule has 1 atom stereocenters. The summed E-state index contributed by atoms with van der Waals surface area (Å²) < 4.78 is 32.8. The molecule has 3 aromatic rings. The van der Waals surface area contributed by atoms with E-state index in [4.69, 9.17) is 17.3 Å². The summed E-state index contributed by atoms with van der Waals surface area (Å²) >= 11 is 6.07. The van der Waals surface area contributed by atoms with E-state index in [9.17, 15) is 13.2 Å². The van der Waals surface area contributed by atoms with E-state index in [1.54, 1.807) is 24.7 Å². The van der Waals surface area contributed by atoms with Crippen molar-refractivity contribution in [2.45, 2.75) is 31.9 Å². The van der Waals surface area contributed by atoms with Gasteiger partial charge in [-0.2, -0.15) is 13.5 Å². The molecule has 0 spiro atoms. The largest absolute Gasteiger partial charge is 0.420 e. The van der Waals surface area contributed by atoms with Crippen molar-refractivity contribution >= 4 is 38.7 Å². The van der Waals surface area contributed by atoms with Crippen LogP contribution in [0.2, 0.25) is 5.02 Å². The second kappa shape index (κ2) is 7.48. The van der Waals surface area contributed by atoms with Gasteiger partial charge in [-0.15, -0.1) is 0 Å². The SMILES string of the molecule is CCC(Cc1c(C)nn(C)c1-n1ccc2cc(Cl)ccc21)S(=O)(=O)OC(N)=O. The second-order valence-electron chi connectivity index (χ2n) is 6.53. The maximum Gasteiger partial charge on any atom is 0.420 e. The Morgan fingerprint density at radius 1 is 1.36 bits per heavy atom. The number of benzene rings is 1. The van der Waals surface area contributed by atoms with Crippen LogP contribution in [-0.4, -0.2) is 34.1 Å². The lowest BCUT2D eigenvalue weighted by molar-refractivity contribution is 0.212. The molecule has 2 N–H and O–H groups in total. The molecule has 150 valence electrons. The number of carbonyl (C=O) groups excluding carboxylic acids is 1. The first-order chi connectivity index (χ1) is 13.1. The fourth-order valence-corrected chi connectivity index (χ4v) is 4.71. The van der Waals surface area contributed by atoms with E-state index in [-0.39, 0.29) is 12.8 Å². The third-order valence-corrected chi connectivity index (χ3v) is 6.64. The van der Waals surface area contributed by atoms with Gasteiger partial charge in [-0.25, -0.2) is 4.79 Å². The highest BCUT2D eigenvalue weighted by atomic mass is 35.5. The molecule has 2 heterocycles. The number of hydrogen-bond acceptors (Lipinski definition) is 5. The number of aromatic nitrogens is 3. The third-order valence-electron chi connectivity index (χ3n) is 4.69. The van der Waals surface area contributed by atoms with Crippen molar-refractivity contribution in [3.63, 3.8) is 0 Å². The molecule has 1 aromatic carbocycles. The summed E-state index contributed by atoms with van der Waals surface area (Å²) in [4.78, 5) is 11.0. The minimum Gasteiger partial charge on any atom is -0.334 e. The fraction of sp³-hybridized carbons (Fsp3) is 0.333. The molecule has 0 aliphatic rings. The molecule has 8 nitrogen and oxygen atoms in total. The Hall–Kier alpha value is -2.52. The Labute approximate surface area is 168 Å². The van der Waals surface area contributed by atoms with Gasteiger partial charge in [0.25, 0.3) is 0 Å². The highest BCUT2D eigenvalue weighted by Crippen LogP contribution is 2.28. The quantitative estimate of drug-likeness (QED) is 0.611. The van der Waals surface area contributed by atoms with E-state index in [1.807, 2.05) is 35.9 Å². The zero-order valence-corrected chi connectivity index (χ0v) is 17.3. The maximum absolute atomic E-state index is 12.4. The monoisotopic (exact) mass is 424 g/mol. The molecule has 0 aliphatic carbocycles. The van der Waals surface area contributed by atoms with E-state index in [0.29, 0.717) is 10.7 Å². The second-order valence-corrected chi connectivity index (χ2v) is 8.78. The van der Waals surface area contributed by atoms with Crippen LogP contribution in [0.25, 0.3) is 16.7 Å². The van der Waals surface area contributed by atoms with Gasteiger partial charge in [-0.3, -0.25) is 4.68 Å². The van der Waals surface area contributed by atoms with Gasteiger partial charge in [0, 0.05) is 29.2 Å². The molecule has 0 aliphatic heterocycles. The molecule has 2 aromatic heterocycles. The van der Waals surface area contributed by atoms with Crippen molar-refractivity contribution < 1.29 is 17.4 Å². The maximum atomic E-state index is 12.4. The topological polar surface area (TPSA) is 109 Å². The van der Waals surface area contributed by atoms with Crippen molar-refractivity contribution in [1.82, 2.24) is 14.3 Å². The minimum atomic E-state index is -4.15. The standard InChI is InChI=1S/C18H21ClN4O4S/c1-4-14(28(25,26)27-18(20)24)10-15-11(2)21-22(3)17(15)23-8-7-12-9-13(19)5-6-16(12)23/h5-9,14H,4,10H2,1-3H3,(H2,20,24). The summed E-state index contributed by atoms with van der Waals surface area (Å²) in [6.45, 7) is 3.53. The average Bonchev–Trinajstić information content (AvgIpc) is 3.10. The van der Waals surface area contributed by atoms with Gasteiger partial charge in [-0.1, -0.05) is 18.5 Å². The van der Waals surface area contributed by atoms with Gasteiger partial charge in [0.2, 0.25) is 0 Å². The number of aryl methyl sites for hydroxylation is 2. The predicted molar refractivity (Wildman–Crippen MR) is 107 cm³/mol. The highest BCUT2D eigenvalue weighted by Gasteiger charge is 2.30. The van der Waals surface area contributed by atoms with Crippen LogP contribution in [0.15, 0.2) is 30.5 Å². The Kier molecular flexibility index (Phi) is 5.40. The molecule has 28 heavy (non-hydrogen) atoms. The molecule has 3 rings (SSSR count). The van der Waals surface area contributed by atoms with Crippen LogP contribution in [0.3, 0.4) is 0 Å². The van der Waals surface area contributed by atoms with Crippen LogP contribution in [0, 0.1) is 6.92 Å². The summed E-state index contributed by atoms with van der Waals surface area (Å²) in [5, 5.41) is 5.12. The number of nitrogens with two attached hydrogens (primary N) is 1. The molecule has 10 heteroatoms. The number of primary amides is 1. The zero-order valence-electron chi connectivity index (χ0n) is 15.7. The molecule has 1 amide bonds. The molecule has 0 saturated heterocycles. The fourth-order valence-electron chi connectivity index (χ4n) is 3.39. The van der Waals surface area contributed by atoms with Crippen LogP contribution in [0.4, 0.5) is 4.79 Å². The van der Waals surface area contributed by atoms with Crippen molar-refractivity contribution in [2.24, 2.45) is 12.8 Å². The number of carbonyl (C=O) groups is 1. The van der Waals surface area contributed by atoms with Crippen LogP contribution in [0.1, 0.15) is 24.6 Å². The molecular formula is C18H21ClN4O4S. The number of hydrogen-bond donors (Lipinski definition) is 1. The van der Waals surface area contributed by atoms with E-state index in [0.717, 1.165) is 22.3 Å².